The van der Waals surface area contributed by atoms with Crippen LogP contribution >= 0.6 is 0 Å². The molecule has 1 aliphatic rings. The first-order valence-electron chi connectivity index (χ1n) is 5.79. The van der Waals surface area contributed by atoms with Crippen LogP contribution in [0.1, 0.15) is 40.5 Å². The maximum absolute atomic E-state index is 11.7. The molecule has 0 aromatic rings. The zero-order valence-electron chi connectivity index (χ0n) is 10.5. The van der Waals surface area contributed by atoms with Gasteiger partial charge in [-0.3, -0.25) is 4.79 Å². The lowest BCUT2D eigenvalue weighted by Crippen LogP contribution is -2.39. The van der Waals surface area contributed by atoms with E-state index in [1.54, 1.807) is 6.92 Å². The molecule has 1 fully saturated rings. The molecule has 1 heterocycles. The molecule has 0 spiro atoms. The highest BCUT2D eigenvalue weighted by Crippen LogP contribution is 2.31. The highest BCUT2D eigenvalue weighted by atomic mass is 16.5. The molecule has 16 heavy (non-hydrogen) atoms. The number of ether oxygens (including phenoxy) is 1. The van der Waals surface area contributed by atoms with Crippen LogP contribution in [0.4, 0.5) is 0 Å². The van der Waals surface area contributed by atoms with Crippen molar-refractivity contribution in [2.24, 2.45) is 11.3 Å². The smallest absolute Gasteiger partial charge is 0.328 e. The molecule has 4 heteroatoms. The van der Waals surface area contributed by atoms with Crippen molar-refractivity contribution in [2.75, 3.05) is 6.61 Å². The molecular formula is C12H21NO3. The average molecular weight is 227 g/mol. The summed E-state index contributed by atoms with van der Waals surface area (Å²) in [5.74, 6) is -0.290. The Bertz CT molecular complexity index is 280. The van der Waals surface area contributed by atoms with E-state index in [9.17, 15) is 9.59 Å². The number of hydrogen-bond donors (Lipinski definition) is 1. The highest BCUT2D eigenvalue weighted by molar-refractivity contribution is 5.88. The van der Waals surface area contributed by atoms with Gasteiger partial charge in [0.1, 0.15) is 6.04 Å². The predicted octanol–water partition coefficient (Wildman–Crippen LogP) is 1.49. The summed E-state index contributed by atoms with van der Waals surface area (Å²) in [6.45, 7) is 8.45. The fourth-order valence-electron chi connectivity index (χ4n) is 2.17. The third-order valence-corrected chi connectivity index (χ3v) is 2.65. The molecule has 2 atom stereocenters. The zero-order chi connectivity index (χ0) is 12.3. The molecule has 4 nitrogen and oxygen atoms in total. The molecule has 1 aliphatic heterocycles. The van der Waals surface area contributed by atoms with Crippen molar-refractivity contribution in [1.29, 1.82) is 0 Å². The van der Waals surface area contributed by atoms with Crippen molar-refractivity contribution in [3.05, 3.63) is 0 Å². The average Bonchev–Trinajstić information content (AvgIpc) is 2.44. The molecule has 1 N–H and O–H groups in total. The second-order valence-electron chi connectivity index (χ2n) is 5.53. The van der Waals surface area contributed by atoms with Crippen LogP contribution in [-0.2, 0) is 14.3 Å². The van der Waals surface area contributed by atoms with E-state index in [0.717, 1.165) is 6.42 Å². The van der Waals surface area contributed by atoms with Crippen LogP contribution in [0.15, 0.2) is 0 Å². The van der Waals surface area contributed by atoms with E-state index in [1.165, 1.54) is 0 Å². The summed E-state index contributed by atoms with van der Waals surface area (Å²) < 4.78 is 4.97. The Morgan fingerprint density at radius 3 is 2.62 bits per heavy atom. The minimum Gasteiger partial charge on any atom is -0.464 e. The van der Waals surface area contributed by atoms with E-state index < -0.39 is 6.04 Å². The van der Waals surface area contributed by atoms with Gasteiger partial charge in [-0.25, -0.2) is 4.79 Å². The summed E-state index contributed by atoms with van der Waals surface area (Å²) in [5.41, 5.74) is 0.113. The number of nitrogens with one attached hydrogen (secondary N) is 1. The standard InChI is InChI=1S/C12H21NO3/c1-5-16-11(15)10-8(6-9(14)13-10)7-12(2,3)4/h8,10H,5-7H2,1-4H3,(H,13,14). The second kappa shape index (κ2) is 4.85. The Hall–Kier alpha value is -1.06. The summed E-state index contributed by atoms with van der Waals surface area (Å²) in [4.78, 5) is 23.0. The lowest BCUT2D eigenvalue weighted by atomic mass is 9.81. The van der Waals surface area contributed by atoms with Gasteiger partial charge in [0.25, 0.3) is 0 Å². The van der Waals surface area contributed by atoms with Crippen LogP contribution < -0.4 is 5.32 Å². The molecule has 0 aromatic carbocycles. The fourth-order valence-corrected chi connectivity index (χ4v) is 2.17. The predicted molar refractivity (Wildman–Crippen MR) is 60.7 cm³/mol. The SMILES string of the molecule is CCOC(=O)C1NC(=O)CC1CC(C)(C)C. The van der Waals surface area contributed by atoms with E-state index in [2.05, 4.69) is 26.1 Å². The summed E-state index contributed by atoms with van der Waals surface area (Å²) in [5, 5.41) is 2.70. The minimum absolute atomic E-state index is 0.0488. The lowest BCUT2D eigenvalue weighted by molar-refractivity contribution is -0.147. The third-order valence-electron chi connectivity index (χ3n) is 2.65. The molecule has 0 bridgehead atoms. The van der Waals surface area contributed by atoms with Gasteiger partial charge in [0.2, 0.25) is 5.91 Å². The van der Waals surface area contributed by atoms with Crippen LogP contribution in [0, 0.1) is 11.3 Å². The first-order valence-corrected chi connectivity index (χ1v) is 5.79. The first-order chi connectivity index (χ1) is 7.33. The molecule has 1 rings (SSSR count). The van der Waals surface area contributed by atoms with Gasteiger partial charge in [-0.05, 0) is 24.7 Å². The van der Waals surface area contributed by atoms with Gasteiger partial charge in [0.05, 0.1) is 6.61 Å². The second-order valence-corrected chi connectivity index (χ2v) is 5.53. The summed E-state index contributed by atoms with van der Waals surface area (Å²) in [7, 11) is 0. The summed E-state index contributed by atoms with van der Waals surface area (Å²) in [6.07, 6.45) is 1.27. The maximum Gasteiger partial charge on any atom is 0.328 e. The van der Waals surface area contributed by atoms with Gasteiger partial charge in [0, 0.05) is 6.42 Å². The van der Waals surface area contributed by atoms with Crippen LogP contribution in [0.3, 0.4) is 0 Å². The van der Waals surface area contributed by atoms with E-state index in [-0.39, 0.29) is 23.2 Å². The third kappa shape index (κ3) is 3.51. The van der Waals surface area contributed by atoms with Crippen LogP contribution in [0.2, 0.25) is 0 Å². The van der Waals surface area contributed by atoms with Crippen LogP contribution in [-0.4, -0.2) is 24.5 Å². The number of esters is 1. The summed E-state index contributed by atoms with van der Waals surface area (Å²) >= 11 is 0. The van der Waals surface area contributed by atoms with Gasteiger partial charge in [-0.1, -0.05) is 20.8 Å². The monoisotopic (exact) mass is 227 g/mol. The molecule has 0 radical (unpaired) electrons. The molecule has 1 amide bonds. The van der Waals surface area contributed by atoms with Crippen molar-refractivity contribution >= 4 is 11.9 Å². The minimum atomic E-state index is -0.452. The number of carbonyl (C=O) groups is 2. The van der Waals surface area contributed by atoms with Crippen molar-refractivity contribution in [2.45, 2.75) is 46.6 Å². The first kappa shape index (κ1) is 13.0. The molecule has 92 valence electrons. The highest BCUT2D eigenvalue weighted by Gasteiger charge is 2.39. The lowest BCUT2D eigenvalue weighted by Gasteiger charge is -2.25. The van der Waals surface area contributed by atoms with E-state index in [4.69, 9.17) is 4.74 Å². The van der Waals surface area contributed by atoms with Crippen molar-refractivity contribution < 1.29 is 14.3 Å². The Morgan fingerprint density at radius 2 is 2.12 bits per heavy atom. The zero-order valence-corrected chi connectivity index (χ0v) is 10.5. The Kier molecular flexibility index (Phi) is 3.94. The Balaban J connectivity index is 2.66. The Labute approximate surface area is 96.7 Å². The molecular weight excluding hydrogens is 206 g/mol. The molecule has 1 saturated heterocycles. The van der Waals surface area contributed by atoms with E-state index >= 15 is 0 Å². The van der Waals surface area contributed by atoms with Gasteiger partial charge < -0.3 is 10.1 Å². The van der Waals surface area contributed by atoms with E-state index in [0.29, 0.717) is 13.0 Å². The quantitative estimate of drug-likeness (QED) is 0.743. The number of hydrogen-bond acceptors (Lipinski definition) is 3. The molecule has 2 unspecified atom stereocenters. The number of rotatable bonds is 3. The van der Waals surface area contributed by atoms with Crippen molar-refractivity contribution in [3.63, 3.8) is 0 Å². The topological polar surface area (TPSA) is 55.4 Å². The van der Waals surface area contributed by atoms with Gasteiger partial charge in [-0.2, -0.15) is 0 Å². The van der Waals surface area contributed by atoms with Gasteiger partial charge >= 0.3 is 5.97 Å². The van der Waals surface area contributed by atoms with Gasteiger partial charge in [-0.15, -0.1) is 0 Å². The summed E-state index contributed by atoms with van der Waals surface area (Å²) in [6, 6.07) is -0.452. The molecule has 0 aliphatic carbocycles. The normalized spacial score (nSPS) is 25.4. The Morgan fingerprint density at radius 1 is 1.50 bits per heavy atom. The fraction of sp³-hybridized carbons (Fsp3) is 0.833. The van der Waals surface area contributed by atoms with E-state index in [1.807, 2.05) is 0 Å². The number of amides is 1. The van der Waals surface area contributed by atoms with Gasteiger partial charge in [0.15, 0.2) is 0 Å². The van der Waals surface area contributed by atoms with Crippen molar-refractivity contribution in [1.82, 2.24) is 5.32 Å². The van der Waals surface area contributed by atoms with Crippen molar-refractivity contribution in [3.8, 4) is 0 Å². The van der Waals surface area contributed by atoms with Crippen LogP contribution in [0.25, 0.3) is 0 Å². The maximum atomic E-state index is 11.7. The molecule has 0 saturated carbocycles. The molecule has 0 aromatic heterocycles. The largest absolute Gasteiger partial charge is 0.464 e. The number of carbonyl (C=O) groups excluding carboxylic acids is 2. The van der Waals surface area contributed by atoms with Crippen LogP contribution in [0.5, 0.6) is 0 Å².